The highest BCUT2D eigenvalue weighted by atomic mass is 35.5. The molecular formula is C18H8ClF4N3O3. The number of carbonyl (C=O) groups is 1. The molecule has 0 saturated heterocycles. The molecule has 4 rings (SSSR count). The Balaban J connectivity index is 1.56. The van der Waals surface area contributed by atoms with E-state index in [0.717, 1.165) is 24.4 Å². The minimum Gasteiger partial charge on any atom is -0.395 e. The van der Waals surface area contributed by atoms with E-state index < -0.39 is 29.4 Å². The van der Waals surface area contributed by atoms with Gasteiger partial charge < -0.3 is 14.8 Å². The zero-order valence-corrected chi connectivity index (χ0v) is 14.8. The predicted octanol–water partition coefficient (Wildman–Crippen LogP) is 4.65. The second-order valence-electron chi connectivity index (χ2n) is 5.79. The van der Waals surface area contributed by atoms with Crippen LogP contribution in [0.2, 0.25) is 5.02 Å². The fourth-order valence-corrected chi connectivity index (χ4v) is 2.81. The lowest BCUT2D eigenvalue weighted by atomic mass is 10.1. The van der Waals surface area contributed by atoms with Gasteiger partial charge in [0.15, 0.2) is 29.0 Å². The maximum atomic E-state index is 13.7. The molecule has 6 nitrogen and oxygen atoms in total. The standard InChI is InChI=1S/C18H8ClF4N3O3/c19-10-5-14-13(28-18(22,23)29-14)4-9(10)12-6-25-15(7-24-12)26-17(27)8-2-1-3-11(20)16(8)21/h1-7H,(H,25,26,27). The van der Waals surface area contributed by atoms with E-state index >= 15 is 0 Å². The summed E-state index contributed by atoms with van der Waals surface area (Å²) in [6, 6.07) is 5.54. The molecule has 1 amide bonds. The minimum atomic E-state index is -3.80. The van der Waals surface area contributed by atoms with Crippen LogP contribution in [0.5, 0.6) is 11.5 Å². The van der Waals surface area contributed by atoms with Crippen LogP contribution < -0.4 is 14.8 Å². The number of rotatable bonds is 3. The Labute approximate surface area is 165 Å². The summed E-state index contributed by atoms with van der Waals surface area (Å²) in [5.41, 5.74) is -0.0876. The smallest absolute Gasteiger partial charge is 0.395 e. The molecule has 1 aromatic heterocycles. The first kappa shape index (κ1) is 18.9. The molecule has 1 aliphatic rings. The van der Waals surface area contributed by atoms with Crippen LogP contribution in [-0.2, 0) is 0 Å². The molecule has 0 spiro atoms. The number of nitrogens with zero attached hydrogens (tertiary/aromatic N) is 2. The molecule has 2 aromatic carbocycles. The second-order valence-corrected chi connectivity index (χ2v) is 6.20. The van der Waals surface area contributed by atoms with Gasteiger partial charge in [0, 0.05) is 11.6 Å². The molecule has 148 valence electrons. The van der Waals surface area contributed by atoms with Gasteiger partial charge >= 0.3 is 6.29 Å². The molecule has 0 atom stereocenters. The van der Waals surface area contributed by atoms with E-state index in [9.17, 15) is 22.4 Å². The number of benzene rings is 2. The van der Waals surface area contributed by atoms with Gasteiger partial charge in [0.1, 0.15) is 0 Å². The van der Waals surface area contributed by atoms with Gasteiger partial charge in [-0.25, -0.2) is 13.8 Å². The van der Waals surface area contributed by atoms with E-state index in [1.165, 1.54) is 18.3 Å². The number of amides is 1. The monoisotopic (exact) mass is 425 g/mol. The lowest BCUT2D eigenvalue weighted by Gasteiger charge is -2.08. The predicted molar refractivity (Wildman–Crippen MR) is 93.0 cm³/mol. The van der Waals surface area contributed by atoms with Crippen molar-refractivity contribution in [2.45, 2.75) is 6.29 Å². The van der Waals surface area contributed by atoms with Crippen molar-refractivity contribution in [1.29, 1.82) is 0 Å². The van der Waals surface area contributed by atoms with E-state index in [2.05, 4.69) is 24.8 Å². The lowest BCUT2D eigenvalue weighted by Crippen LogP contribution is -2.25. The van der Waals surface area contributed by atoms with Gasteiger partial charge in [0.05, 0.1) is 28.7 Å². The summed E-state index contributed by atoms with van der Waals surface area (Å²) >= 11 is 6.08. The third kappa shape index (κ3) is 3.66. The SMILES string of the molecule is O=C(Nc1cnc(-c2cc3c(cc2Cl)OC(F)(F)O3)cn1)c1cccc(F)c1F. The van der Waals surface area contributed by atoms with Gasteiger partial charge in [-0.2, -0.15) is 0 Å². The number of halogens is 5. The van der Waals surface area contributed by atoms with Gasteiger partial charge in [-0.15, -0.1) is 8.78 Å². The molecule has 1 aliphatic heterocycles. The van der Waals surface area contributed by atoms with Crippen molar-refractivity contribution in [3.8, 4) is 22.8 Å². The van der Waals surface area contributed by atoms with E-state index in [1.807, 2.05) is 0 Å². The van der Waals surface area contributed by atoms with Gasteiger partial charge in [-0.05, 0) is 18.2 Å². The van der Waals surface area contributed by atoms with Crippen LogP contribution in [0.15, 0.2) is 42.7 Å². The highest BCUT2D eigenvalue weighted by molar-refractivity contribution is 6.33. The Morgan fingerprint density at radius 1 is 1.07 bits per heavy atom. The summed E-state index contributed by atoms with van der Waals surface area (Å²) in [4.78, 5) is 20.1. The summed E-state index contributed by atoms with van der Waals surface area (Å²) < 4.78 is 61.9. The van der Waals surface area contributed by atoms with Crippen molar-refractivity contribution >= 4 is 23.3 Å². The van der Waals surface area contributed by atoms with E-state index in [1.54, 1.807) is 0 Å². The number of hydrogen-bond acceptors (Lipinski definition) is 5. The average Bonchev–Trinajstić information content (AvgIpc) is 2.96. The maximum Gasteiger partial charge on any atom is 0.586 e. The average molecular weight is 426 g/mol. The molecule has 2 heterocycles. The molecule has 3 aromatic rings. The molecule has 0 saturated carbocycles. The zero-order valence-electron chi connectivity index (χ0n) is 14.1. The van der Waals surface area contributed by atoms with E-state index in [4.69, 9.17) is 11.6 Å². The summed E-state index contributed by atoms with van der Waals surface area (Å²) in [7, 11) is 0. The summed E-state index contributed by atoms with van der Waals surface area (Å²) in [5, 5.41) is 2.33. The number of anilines is 1. The van der Waals surface area contributed by atoms with E-state index in [0.29, 0.717) is 0 Å². The number of carbonyl (C=O) groups excluding carboxylic acids is 1. The topological polar surface area (TPSA) is 73.3 Å². The molecule has 0 radical (unpaired) electrons. The number of aromatic nitrogens is 2. The summed E-state index contributed by atoms with van der Waals surface area (Å²) in [5.74, 6) is -3.88. The van der Waals surface area contributed by atoms with Crippen molar-refractivity contribution in [2.24, 2.45) is 0 Å². The van der Waals surface area contributed by atoms with Crippen LogP contribution in [0, 0.1) is 11.6 Å². The van der Waals surface area contributed by atoms with Crippen LogP contribution in [0.25, 0.3) is 11.3 Å². The van der Waals surface area contributed by atoms with Crippen LogP contribution in [0.4, 0.5) is 23.4 Å². The third-order valence-corrected chi connectivity index (χ3v) is 4.17. The van der Waals surface area contributed by atoms with Crippen molar-refractivity contribution in [3.05, 3.63) is 64.9 Å². The number of alkyl halides is 2. The Bertz CT molecular complexity index is 1130. The van der Waals surface area contributed by atoms with Crippen molar-refractivity contribution < 1.29 is 31.8 Å². The Hall–Kier alpha value is -3.40. The number of fused-ring (bicyclic) bond motifs is 1. The third-order valence-electron chi connectivity index (χ3n) is 3.86. The molecule has 0 aliphatic carbocycles. The first-order valence-electron chi connectivity index (χ1n) is 7.91. The molecule has 29 heavy (non-hydrogen) atoms. The summed E-state index contributed by atoms with van der Waals surface area (Å²) in [6.07, 6.45) is -1.45. The zero-order chi connectivity index (χ0) is 20.8. The molecule has 0 unspecified atom stereocenters. The van der Waals surface area contributed by atoms with Crippen molar-refractivity contribution in [3.63, 3.8) is 0 Å². The largest absolute Gasteiger partial charge is 0.586 e. The number of ether oxygens (including phenoxy) is 2. The maximum absolute atomic E-state index is 13.7. The molecule has 0 fully saturated rings. The van der Waals surface area contributed by atoms with Gasteiger partial charge in [-0.3, -0.25) is 9.78 Å². The highest BCUT2D eigenvalue weighted by Crippen LogP contribution is 2.45. The number of hydrogen-bond donors (Lipinski definition) is 1. The van der Waals surface area contributed by atoms with Crippen LogP contribution >= 0.6 is 11.6 Å². The summed E-state index contributed by atoms with van der Waals surface area (Å²) in [6.45, 7) is 0. The van der Waals surface area contributed by atoms with E-state index in [-0.39, 0.29) is 33.6 Å². The van der Waals surface area contributed by atoms with Gasteiger partial charge in [0.2, 0.25) is 0 Å². The Morgan fingerprint density at radius 2 is 1.79 bits per heavy atom. The minimum absolute atomic E-state index is 0.0502. The van der Waals surface area contributed by atoms with Crippen LogP contribution in [0.3, 0.4) is 0 Å². The first-order valence-corrected chi connectivity index (χ1v) is 8.28. The fourth-order valence-electron chi connectivity index (χ4n) is 2.56. The highest BCUT2D eigenvalue weighted by Gasteiger charge is 2.43. The molecule has 0 bridgehead atoms. The Morgan fingerprint density at radius 3 is 2.48 bits per heavy atom. The quantitative estimate of drug-likeness (QED) is 0.618. The fraction of sp³-hybridized carbons (Fsp3) is 0.0556. The van der Waals surface area contributed by atoms with Gasteiger partial charge in [-0.1, -0.05) is 17.7 Å². The molecular weight excluding hydrogens is 418 g/mol. The van der Waals surface area contributed by atoms with Crippen molar-refractivity contribution in [1.82, 2.24) is 9.97 Å². The van der Waals surface area contributed by atoms with Gasteiger partial charge in [0.25, 0.3) is 5.91 Å². The van der Waals surface area contributed by atoms with Crippen molar-refractivity contribution in [2.75, 3.05) is 5.32 Å². The lowest BCUT2D eigenvalue weighted by molar-refractivity contribution is -0.286. The normalized spacial score (nSPS) is 14.0. The second kappa shape index (κ2) is 6.89. The number of nitrogens with one attached hydrogen (secondary N) is 1. The van der Waals surface area contributed by atoms with Crippen LogP contribution in [-0.4, -0.2) is 22.2 Å². The molecule has 1 N–H and O–H groups in total. The molecule has 11 heteroatoms. The Kier molecular flexibility index (Phi) is 4.50. The first-order chi connectivity index (χ1) is 13.7. The van der Waals surface area contributed by atoms with Crippen LogP contribution in [0.1, 0.15) is 10.4 Å².